The second kappa shape index (κ2) is 5.74. The van der Waals surface area contributed by atoms with Gasteiger partial charge in [0.2, 0.25) is 0 Å². The van der Waals surface area contributed by atoms with E-state index in [0.717, 1.165) is 34.6 Å². The lowest BCUT2D eigenvalue weighted by atomic mass is 10.0. The molecule has 2 heterocycles. The fourth-order valence-corrected chi connectivity index (χ4v) is 3.93. The van der Waals surface area contributed by atoms with Crippen LogP contribution in [0.15, 0.2) is 71.2 Å². The summed E-state index contributed by atoms with van der Waals surface area (Å²) in [6.45, 7) is 0.960. The first kappa shape index (κ1) is 14.7. The Balaban J connectivity index is 1.70. The van der Waals surface area contributed by atoms with Gasteiger partial charge in [-0.1, -0.05) is 58.4 Å². The second-order valence-corrected chi connectivity index (χ2v) is 7.22. The maximum Gasteiger partial charge on any atom is 0.133 e. The van der Waals surface area contributed by atoms with Crippen molar-refractivity contribution < 1.29 is 0 Å². The third kappa shape index (κ3) is 2.45. The molecule has 1 aliphatic heterocycles. The summed E-state index contributed by atoms with van der Waals surface area (Å²) in [6, 6.07) is 23.3. The molecule has 0 saturated heterocycles. The molecule has 0 atom stereocenters. The largest absolute Gasteiger partial charge is 0.369 e. The summed E-state index contributed by atoms with van der Waals surface area (Å²) < 4.78 is 3.08. The van der Waals surface area contributed by atoms with Gasteiger partial charge in [0.25, 0.3) is 0 Å². The van der Waals surface area contributed by atoms with Gasteiger partial charge in [-0.2, -0.15) is 5.10 Å². The first-order valence-corrected chi connectivity index (χ1v) is 9.20. The molecule has 4 aromatic rings. The lowest BCUT2D eigenvalue weighted by Gasteiger charge is -2.07. The van der Waals surface area contributed by atoms with Gasteiger partial charge < -0.3 is 5.32 Å². The van der Waals surface area contributed by atoms with Crippen LogP contribution in [0.2, 0.25) is 0 Å². The number of fused-ring (bicyclic) bond motifs is 2. The highest BCUT2D eigenvalue weighted by molar-refractivity contribution is 9.10. The predicted octanol–water partition coefficient (Wildman–Crippen LogP) is 5.42. The van der Waals surface area contributed by atoms with Crippen molar-refractivity contribution in [3.05, 3.63) is 76.8 Å². The molecule has 0 unspecified atom stereocenters. The van der Waals surface area contributed by atoms with Crippen LogP contribution in [-0.4, -0.2) is 16.3 Å². The van der Waals surface area contributed by atoms with Gasteiger partial charge in [-0.15, -0.1) is 0 Å². The number of nitrogens with one attached hydrogen (secondary N) is 1. The standard InChI is InChI=1S/C21H16BrN3/c22-17-6-3-7-18(13-17)25-21-19(10-11-23-21)20(24-25)16-9-8-14-4-1-2-5-15(14)12-16/h1-9,12-13,23H,10-11H2. The molecule has 3 nitrogen and oxygen atoms in total. The van der Waals surface area contributed by atoms with E-state index in [1.165, 1.54) is 21.9 Å². The number of benzene rings is 3. The van der Waals surface area contributed by atoms with E-state index in [4.69, 9.17) is 5.10 Å². The molecule has 0 fully saturated rings. The smallest absolute Gasteiger partial charge is 0.133 e. The van der Waals surface area contributed by atoms with Crippen LogP contribution in [0, 0.1) is 0 Å². The van der Waals surface area contributed by atoms with E-state index >= 15 is 0 Å². The average molecular weight is 390 g/mol. The molecule has 25 heavy (non-hydrogen) atoms. The molecule has 0 saturated carbocycles. The summed E-state index contributed by atoms with van der Waals surface area (Å²) in [5.41, 5.74) is 4.61. The highest BCUT2D eigenvalue weighted by Gasteiger charge is 2.24. The normalized spacial score (nSPS) is 13.0. The summed E-state index contributed by atoms with van der Waals surface area (Å²) in [7, 11) is 0. The van der Waals surface area contributed by atoms with Crippen LogP contribution in [0.4, 0.5) is 5.82 Å². The number of hydrogen-bond acceptors (Lipinski definition) is 2. The third-order valence-electron chi connectivity index (χ3n) is 4.73. The van der Waals surface area contributed by atoms with E-state index in [1.807, 2.05) is 16.8 Å². The van der Waals surface area contributed by atoms with Crippen molar-refractivity contribution in [3.63, 3.8) is 0 Å². The Labute approximate surface area is 154 Å². The van der Waals surface area contributed by atoms with Gasteiger partial charge in [-0.05, 0) is 41.5 Å². The van der Waals surface area contributed by atoms with E-state index in [1.54, 1.807) is 0 Å². The van der Waals surface area contributed by atoms with Crippen molar-refractivity contribution in [2.24, 2.45) is 0 Å². The zero-order valence-corrected chi connectivity index (χ0v) is 15.1. The Morgan fingerprint density at radius 2 is 1.80 bits per heavy atom. The van der Waals surface area contributed by atoms with Gasteiger partial charge in [-0.3, -0.25) is 0 Å². The minimum atomic E-state index is 0.960. The van der Waals surface area contributed by atoms with Gasteiger partial charge in [0.15, 0.2) is 0 Å². The maximum atomic E-state index is 4.95. The zero-order chi connectivity index (χ0) is 16.8. The molecule has 0 amide bonds. The molecular weight excluding hydrogens is 374 g/mol. The van der Waals surface area contributed by atoms with Crippen LogP contribution in [0.25, 0.3) is 27.7 Å². The molecule has 0 radical (unpaired) electrons. The Kier molecular flexibility index (Phi) is 3.38. The summed E-state index contributed by atoms with van der Waals surface area (Å²) in [5, 5.41) is 11.0. The van der Waals surface area contributed by atoms with Crippen molar-refractivity contribution >= 4 is 32.5 Å². The van der Waals surface area contributed by atoms with Gasteiger partial charge in [0.1, 0.15) is 5.82 Å². The van der Waals surface area contributed by atoms with Crippen molar-refractivity contribution in [1.82, 2.24) is 9.78 Å². The van der Waals surface area contributed by atoms with Crippen LogP contribution in [0.1, 0.15) is 5.56 Å². The number of hydrogen-bond donors (Lipinski definition) is 1. The quantitative estimate of drug-likeness (QED) is 0.495. The number of aromatic nitrogens is 2. The first-order chi connectivity index (χ1) is 12.3. The second-order valence-electron chi connectivity index (χ2n) is 6.31. The van der Waals surface area contributed by atoms with Gasteiger partial charge in [0, 0.05) is 22.1 Å². The highest BCUT2D eigenvalue weighted by atomic mass is 79.9. The summed E-state index contributed by atoms with van der Waals surface area (Å²) in [4.78, 5) is 0. The SMILES string of the molecule is Brc1cccc(-n2nc(-c3ccc4ccccc4c3)c3c2NCC3)c1. The third-order valence-corrected chi connectivity index (χ3v) is 5.22. The number of anilines is 1. The van der Waals surface area contributed by atoms with Crippen LogP contribution in [-0.2, 0) is 6.42 Å². The van der Waals surface area contributed by atoms with Gasteiger partial charge >= 0.3 is 0 Å². The van der Waals surface area contributed by atoms with Crippen molar-refractivity contribution in [2.45, 2.75) is 6.42 Å². The molecule has 3 aromatic carbocycles. The van der Waals surface area contributed by atoms with E-state index in [-0.39, 0.29) is 0 Å². The first-order valence-electron chi connectivity index (χ1n) is 8.40. The zero-order valence-electron chi connectivity index (χ0n) is 13.5. The predicted molar refractivity (Wildman–Crippen MR) is 106 cm³/mol. The van der Waals surface area contributed by atoms with Gasteiger partial charge in [-0.25, -0.2) is 4.68 Å². The summed E-state index contributed by atoms with van der Waals surface area (Å²) >= 11 is 3.56. The lowest BCUT2D eigenvalue weighted by Crippen LogP contribution is -2.04. The lowest BCUT2D eigenvalue weighted by molar-refractivity contribution is 0.882. The molecule has 0 aliphatic carbocycles. The van der Waals surface area contributed by atoms with Crippen molar-refractivity contribution in [1.29, 1.82) is 0 Å². The van der Waals surface area contributed by atoms with E-state index in [9.17, 15) is 0 Å². The molecular formula is C21H16BrN3. The fraction of sp³-hybridized carbons (Fsp3) is 0.0952. The molecule has 1 aliphatic rings. The topological polar surface area (TPSA) is 29.9 Å². The van der Waals surface area contributed by atoms with Crippen LogP contribution in [0.3, 0.4) is 0 Å². The summed E-state index contributed by atoms with van der Waals surface area (Å²) in [6.07, 6.45) is 1.01. The number of nitrogens with zero attached hydrogens (tertiary/aromatic N) is 2. The summed E-state index contributed by atoms with van der Waals surface area (Å²) in [5.74, 6) is 1.11. The monoisotopic (exact) mass is 389 g/mol. The molecule has 0 bridgehead atoms. The Morgan fingerprint density at radius 1 is 0.920 bits per heavy atom. The van der Waals surface area contributed by atoms with Crippen molar-refractivity contribution in [2.75, 3.05) is 11.9 Å². The molecule has 1 aromatic heterocycles. The van der Waals surface area contributed by atoms with Crippen LogP contribution < -0.4 is 5.32 Å². The van der Waals surface area contributed by atoms with Crippen molar-refractivity contribution in [3.8, 4) is 16.9 Å². The van der Waals surface area contributed by atoms with E-state index < -0.39 is 0 Å². The minimum absolute atomic E-state index is 0.960. The van der Waals surface area contributed by atoms with Crippen LogP contribution >= 0.6 is 15.9 Å². The molecule has 122 valence electrons. The molecule has 4 heteroatoms. The number of rotatable bonds is 2. The maximum absolute atomic E-state index is 4.95. The van der Waals surface area contributed by atoms with Crippen LogP contribution in [0.5, 0.6) is 0 Å². The Morgan fingerprint density at radius 3 is 2.68 bits per heavy atom. The Bertz CT molecular complexity index is 1100. The van der Waals surface area contributed by atoms with Gasteiger partial charge in [0.05, 0.1) is 11.4 Å². The van der Waals surface area contributed by atoms with E-state index in [2.05, 4.69) is 75.8 Å². The minimum Gasteiger partial charge on any atom is -0.369 e. The molecule has 1 N–H and O–H groups in total. The molecule has 5 rings (SSSR count). The number of halogens is 1. The fourth-order valence-electron chi connectivity index (χ4n) is 3.54. The molecule has 0 spiro atoms. The Hall–Kier alpha value is -2.59. The van der Waals surface area contributed by atoms with E-state index in [0.29, 0.717) is 0 Å². The highest BCUT2D eigenvalue weighted by Crippen LogP contribution is 2.35. The average Bonchev–Trinajstić information content (AvgIpc) is 3.24.